The maximum atomic E-state index is 12.7. The van der Waals surface area contributed by atoms with Gasteiger partial charge in [0.1, 0.15) is 6.07 Å². The van der Waals surface area contributed by atoms with E-state index in [1.807, 2.05) is 19.9 Å². The number of ether oxygens (including phenoxy) is 4. The van der Waals surface area contributed by atoms with Crippen molar-refractivity contribution >= 4 is 23.5 Å². The first kappa shape index (κ1) is 28.3. The standard InChI is InChI=1S/C29H36ClNO8/c1-17-12-13-21-18(2)26(36-27-29(21)20(17)14-15-28(3,37-27)38-39-29)35-25(33)11-7-6-10-24(32)34-23(16-31)19-8-4-5-9-22(19)30/h4-5,8-9,17-18,20-21,23,26-27H,6-7,10-15H2,1-3H3/t17-,18-,20?,21?,23?,26-,27-,28+,29-/m1/s1. The van der Waals surface area contributed by atoms with E-state index >= 15 is 0 Å². The van der Waals surface area contributed by atoms with E-state index in [1.165, 1.54) is 0 Å². The average molecular weight is 562 g/mol. The molecule has 4 saturated heterocycles. The van der Waals surface area contributed by atoms with Crippen molar-refractivity contribution < 1.29 is 38.3 Å². The van der Waals surface area contributed by atoms with Gasteiger partial charge in [0.25, 0.3) is 0 Å². The number of halogens is 1. The number of esters is 2. The minimum absolute atomic E-state index is 0.0684. The van der Waals surface area contributed by atoms with Gasteiger partial charge in [0.2, 0.25) is 18.2 Å². The third-order valence-corrected chi connectivity index (χ3v) is 9.25. The maximum Gasteiger partial charge on any atom is 0.308 e. The summed E-state index contributed by atoms with van der Waals surface area (Å²) in [6, 6.07) is 8.70. The van der Waals surface area contributed by atoms with Gasteiger partial charge in [-0.1, -0.05) is 43.6 Å². The van der Waals surface area contributed by atoms with Gasteiger partial charge >= 0.3 is 11.9 Å². The quantitative estimate of drug-likeness (QED) is 0.222. The summed E-state index contributed by atoms with van der Waals surface area (Å²) in [6.45, 7) is 6.14. The number of nitrogens with zero attached hydrogens (tertiary/aromatic N) is 1. The molecule has 0 radical (unpaired) electrons. The Hall–Kier alpha value is -2.22. The van der Waals surface area contributed by atoms with E-state index < -0.39 is 42.0 Å². The summed E-state index contributed by atoms with van der Waals surface area (Å²) >= 11 is 6.11. The first-order valence-corrected chi connectivity index (χ1v) is 14.3. The molecule has 4 aliphatic heterocycles. The molecule has 0 N–H and O–H groups in total. The van der Waals surface area contributed by atoms with Crippen LogP contribution in [0.5, 0.6) is 0 Å². The van der Waals surface area contributed by atoms with Crippen molar-refractivity contribution in [2.24, 2.45) is 23.7 Å². The Kier molecular flexibility index (Phi) is 8.23. The first-order chi connectivity index (χ1) is 18.7. The van der Waals surface area contributed by atoms with E-state index in [1.54, 1.807) is 24.3 Å². The summed E-state index contributed by atoms with van der Waals surface area (Å²) in [7, 11) is 0. The minimum Gasteiger partial charge on any atom is -0.442 e. The number of rotatable bonds is 8. The number of hydrogen-bond acceptors (Lipinski definition) is 9. The van der Waals surface area contributed by atoms with Crippen LogP contribution in [0.2, 0.25) is 5.02 Å². The van der Waals surface area contributed by atoms with Gasteiger partial charge in [-0.05, 0) is 56.9 Å². The highest BCUT2D eigenvalue weighted by atomic mass is 35.5. The van der Waals surface area contributed by atoms with Crippen LogP contribution in [-0.2, 0) is 38.3 Å². The molecule has 212 valence electrons. The van der Waals surface area contributed by atoms with Gasteiger partial charge in [-0.3, -0.25) is 9.59 Å². The third kappa shape index (κ3) is 5.42. The van der Waals surface area contributed by atoms with Crippen LogP contribution >= 0.6 is 11.6 Å². The fourth-order valence-corrected chi connectivity index (χ4v) is 7.01. The van der Waals surface area contributed by atoms with Crippen molar-refractivity contribution in [3.8, 4) is 6.07 Å². The second-order valence-corrected chi connectivity index (χ2v) is 11.9. The SMILES string of the molecule is C[C@@H]1CCC2[C@@H](C)[C@H](OC(=O)CCCCC(=O)OC(C#N)c3ccccc3Cl)O[C@@H]3O[C@]4(C)CCC1[C@@]23OO4. The Morgan fingerprint density at radius 3 is 2.59 bits per heavy atom. The van der Waals surface area contributed by atoms with E-state index in [0.717, 1.165) is 19.3 Å². The number of nitriles is 1. The largest absolute Gasteiger partial charge is 0.442 e. The fraction of sp³-hybridized carbons (Fsp3) is 0.690. The summed E-state index contributed by atoms with van der Waals surface area (Å²) in [4.78, 5) is 37.0. The number of carbonyl (C=O) groups excluding carboxylic acids is 2. The molecule has 1 aliphatic carbocycles. The second-order valence-electron chi connectivity index (χ2n) is 11.5. The maximum absolute atomic E-state index is 12.7. The monoisotopic (exact) mass is 561 g/mol. The van der Waals surface area contributed by atoms with Crippen LogP contribution in [0.15, 0.2) is 24.3 Å². The molecule has 5 aliphatic rings. The molecule has 39 heavy (non-hydrogen) atoms. The van der Waals surface area contributed by atoms with Crippen molar-refractivity contribution in [3.63, 3.8) is 0 Å². The molecule has 9 nitrogen and oxygen atoms in total. The number of unbranched alkanes of at least 4 members (excludes halogenated alkanes) is 1. The number of benzene rings is 1. The summed E-state index contributed by atoms with van der Waals surface area (Å²) in [5.74, 6) is -1.16. The molecule has 2 bridgehead atoms. The van der Waals surface area contributed by atoms with Gasteiger partial charge in [-0.15, -0.1) is 0 Å². The Labute approximate surface area is 233 Å². The van der Waals surface area contributed by atoms with Gasteiger partial charge in [0.15, 0.2) is 11.9 Å². The summed E-state index contributed by atoms with van der Waals surface area (Å²) in [6.07, 6.45) is 2.16. The van der Waals surface area contributed by atoms with Crippen LogP contribution in [0.4, 0.5) is 0 Å². The second kappa shape index (κ2) is 11.3. The van der Waals surface area contributed by atoms with Crippen molar-refractivity contribution in [2.75, 3.05) is 0 Å². The van der Waals surface area contributed by atoms with Crippen LogP contribution in [0.25, 0.3) is 0 Å². The normalized spacial score (nSPS) is 37.6. The summed E-state index contributed by atoms with van der Waals surface area (Å²) in [5.41, 5.74) is -0.265. The Balaban J connectivity index is 1.12. The van der Waals surface area contributed by atoms with Gasteiger partial charge in [0, 0.05) is 41.7 Å². The van der Waals surface area contributed by atoms with E-state index in [-0.39, 0.29) is 30.6 Å². The predicted molar refractivity (Wildman–Crippen MR) is 137 cm³/mol. The molecule has 9 atom stereocenters. The van der Waals surface area contributed by atoms with Crippen molar-refractivity contribution in [2.45, 2.75) is 102 Å². The van der Waals surface area contributed by atoms with Crippen LogP contribution in [0.1, 0.15) is 83.8 Å². The van der Waals surface area contributed by atoms with Crippen molar-refractivity contribution in [1.82, 2.24) is 0 Å². The predicted octanol–water partition coefficient (Wildman–Crippen LogP) is 5.76. The molecular formula is C29H36ClNO8. The zero-order valence-corrected chi connectivity index (χ0v) is 23.4. The molecular weight excluding hydrogens is 526 g/mol. The Bertz CT molecular complexity index is 1120. The van der Waals surface area contributed by atoms with Gasteiger partial charge in [-0.2, -0.15) is 5.26 Å². The molecule has 0 aromatic heterocycles. The Morgan fingerprint density at radius 1 is 1.10 bits per heavy atom. The van der Waals surface area contributed by atoms with E-state index in [4.69, 9.17) is 40.3 Å². The highest BCUT2D eigenvalue weighted by molar-refractivity contribution is 6.31. The molecule has 4 heterocycles. The average Bonchev–Trinajstić information content (AvgIpc) is 3.14. The molecule has 5 fully saturated rings. The minimum atomic E-state index is -1.08. The summed E-state index contributed by atoms with van der Waals surface area (Å²) in [5, 5.41) is 9.76. The van der Waals surface area contributed by atoms with Gasteiger partial charge in [-0.25, -0.2) is 9.78 Å². The molecule has 1 saturated carbocycles. The molecule has 1 spiro atoms. The zero-order chi connectivity index (χ0) is 27.8. The number of fused-ring (bicyclic) bond motifs is 2. The highest BCUT2D eigenvalue weighted by Gasteiger charge is 2.69. The lowest BCUT2D eigenvalue weighted by Crippen LogP contribution is -2.70. The van der Waals surface area contributed by atoms with Crippen LogP contribution in [-0.4, -0.2) is 35.9 Å². The van der Waals surface area contributed by atoms with Crippen LogP contribution in [0, 0.1) is 35.0 Å². The summed E-state index contributed by atoms with van der Waals surface area (Å²) < 4.78 is 23.7. The fourth-order valence-electron chi connectivity index (χ4n) is 6.77. The lowest BCUT2D eigenvalue weighted by molar-refractivity contribution is -0.576. The molecule has 3 unspecified atom stereocenters. The van der Waals surface area contributed by atoms with Crippen LogP contribution < -0.4 is 0 Å². The first-order valence-electron chi connectivity index (χ1n) is 13.9. The van der Waals surface area contributed by atoms with Crippen LogP contribution in [0.3, 0.4) is 0 Å². The topological polar surface area (TPSA) is 113 Å². The van der Waals surface area contributed by atoms with Crippen molar-refractivity contribution in [1.29, 1.82) is 5.26 Å². The van der Waals surface area contributed by atoms with Gasteiger partial charge in [0.05, 0.1) is 0 Å². The number of carbonyl (C=O) groups is 2. The van der Waals surface area contributed by atoms with Crippen molar-refractivity contribution in [3.05, 3.63) is 34.9 Å². The lowest BCUT2D eigenvalue weighted by atomic mass is 9.58. The molecule has 10 heteroatoms. The smallest absolute Gasteiger partial charge is 0.308 e. The van der Waals surface area contributed by atoms with Gasteiger partial charge < -0.3 is 18.9 Å². The van der Waals surface area contributed by atoms with E-state index in [0.29, 0.717) is 35.8 Å². The van der Waals surface area contributed by atoms with E-state index in [2.05, 4.69) is 6.92 Å². The van der Waals surface area contributed by atoms with E-state index in [9.17, 15) is 14.9 Å². The Morgan fingerprint density at radius 2 is 1.85 bits per heavy atom. The molecule has 0 amide bonds. The number of hydrogen-bond donors (Lipinski definition) is 0. The molecule has 6 rings (SSSR count). The molecule has 1 aromatic carbocycles. The molecule has 1 aromatic rings. The lowest BCUT2D eigenvalue weighted by Gasteiger charge is -2.59. The highest BCUT2D eigenvalue weighted by Crippen LogP contribution is 2.60. The zero-order valence-electron chi connectivity index (χ0n) is 22.6. The third-order valence-electron chi connectivity index (χ3n) is 8.91.